The maximum Gasteiger partial charge on any atom is 0.298 e. The number of hydrogen-bond acceptors (Lipinski definition) is 6. The van der Waals surface area contributed by atoms with E-state index in [1.54, 1.807) is 25.3 Å². The van der Waals surface area contributed by atoms with Crippen molar-refractivity contribution in [2.75, 3.05) is 7.11 Å². The molecule has 2 aromatic rings. The number of nitrogens with zero attached hydrogens (tertiary/aromatic N) is 2. The van der Waals surface area contributed by atoms with E-state index in [1.165, 1.54) is 11.5 Å². The molecule has 0 aliphatic heterocycles. The monoisotopic (exact) mass is 280 g/mol. The van der Waals surface area contributed by atoms with Gasteiger partial charge in [-0.25, -0.2) is 0 Å². The van der Waals surface area contributed by atoms with Crippen molar-refractivity contribution in [2.45, 2.75) is 26.4 Å². The molecule has 0 saturated carbocycles. The third-order valence-electron chi connectivity index (χ3n) is 2.55. The normalized spacial score (nSPS) is 10.8. The lowest BCUT2D eigenvalue weighted by Gasteiger charge is -2.08. The van der Waals surface area contributed by atoms with Crippen LogP contribution in [-0.2, 0) is 6.61 Å². The molecule has 102 valence electrons. The van der Waals surface area contributed by atoms with E-state index >= 15 is 0 Å². The molecule has 0 aliphatic carbocycles. The molecule has 0 spiro atoms. The Morgan fingerprint density at radius 3 is 2.68 bits per heavy atom. The van der Waals surface area contributed by atoms with Gasteiger partial charge in [0.05, 0.1) is 13.7 Å². The molecule has 0 radical (unpaired) electrons. The number of aromatic nitrogens is 2. The molecule has 2 rings (SSSR count). The number of ether oxygens (including phenoxy) is 2. The van der Waals surface area contributed by atoms with Crippen LogP contribution in [-0.4, -0.2) is 21.6 Å². The highest BCUT2D eigenvalue weighted by Crippen LogP contribution is 2.33. The predicted octanol–water partition coefficient (Wildman–Crippen LogP) is 2.95. The Morgan fingerprint density at radius 2 is 2.11 bits per heavy atom. The summed E-state index contributed by atoms with van der Waals surface area (Å²) in [5.74, 6) is 2.16. The van der Waals surface area contributed by atoms with Gasteiger partial charge in [-0.2, -0.15) is 9.36 Å². The predicted molar refractivity (Wildman–Crippen MR) is 73.0 cm³/mol. The highest BCUT2D eigenvalue weighted by Gasteiger charge is 2.12. The minimum absolute atomic E-state index is 0.0348. The summed E-state index contributed by atoms with van der Waals surface area (Å²) in [4.78, 5) is 4.30. The van der Waals surface area contributed by atoms with Crippen LogP contribution >= 0.6 is 11.5 Å². The summed E-state index contributed by atoms with van der Waals surface area (Å²) in [6.07, 6.45) is 0. The molecule has 1 aromatic carbocycles. The summed E-state index contributed by atoms with van der Waals surface area (Å²) in [6.45, 7) is 4.03. The van der Waals surface area contributed by atoms with Crippen LogP contribution < -0.4 is 9.47 Å². The zero-order valence-corrected chi connectivity index (χ0v) is 11.9. The van der Waals surface area contributed by atoms with Crippen molar-refractivity contribution in [2.24, 2.45) is 0 Å². The quantitative estimate of drug-likeness (QED) is 0.912. The lowest BCUT2D eigenvalue weighted by molar-refractivity contribution is 0.280. The van der Waals surface area contributed by atoms with Gasteiger partial charge in [0.25, 0.3) is 5.19 Å². The summed E-state index contributed by atoms with van der Waals surface area (Å²) in [6, 6.07) is 5.27. The van der Waals surface area contributed by atoms with Gasteiger partial charge >= 0.3 is 0 Å². The van der Waals surface area contributed by atoms with Gasteiger partial charge in [0.1, 0.15) is 5.82 Å². The Bertz CT molecular complexity index is 555. The fourth-order valence-corrected chi connectivity index (χ4v) is 2.17. The van der Waals surface area contributed by atoms with E-state index in [-0.39, 0.29) is 12.5 Å². The standard InChI is InChI=1S/C13H16N2O3S/c1-8(2)12-14-13(19-15-12)18-10-5-4-9(7-16)6-11(10)17-3/h4-6,8,16H,7H2,1-3H3. The lowest BCUT2D eigenvalue weighted by atomic mass is 10.2. The molecule has 1 heterocycles. The molecule has 6 heteroatoms. The zero-order chi connectivity index (χ0) is 13.8. The number of aliphatic hydroxyl groups is 1. The summed E-state index contributed by atoms with van der Waals surface area (Å²) in [5, 5.41) is 9.57. The average Bonchev–Trinajstić information content (AvgIpc) is 2.88. The minimum Gasteiger partial charge on any atom is -0.493 e. The van der Waals surface area contributed by atoms with Crippen molar-refractivity contribution in [3.63, 3.8) is 0 Å². The summed E-state index contributed by atoms with van der Waals surface area (Å²) >= 11 is 1.21. The van der Waals surface area contributed by atoms with Gasteiger partial charge in [-0.15, -0.1) is 0 Å². The van der Waals surface area contributed by atoms with E-state index in [9.17, 15) is 0 Å². The number of hydrogen-bond donors (Lipinski definition) is 1. The second-order valence-corrected chi connectivity index (χ2v) is 5.03. The molecule has 19 heavy (non-hydrogen) atoms. The average molecular weight is 280 g/mol. The number of rotatable bonds is 5. The van der Waals surface area contributed by atoms with Gasteiger partial charge < -0.3 is 14.6 Å². The number of methoxy groups -OCH3 is 1. The summed E-state index contributed by atoms with van der Waals surface area (Å²) in [7, 11) is 1.56. The van der Waals surface area contributed by atoms with Gasteiger partial charge in [0.15, 0.2) is 11.5 Å². The van der Waals surface area contributed by atoms with Crippen LogP contribution in [0.4, 0.5) is 0 Å². The highest BCUT2D eigenvalue weighted by molar-refractivity contribution is 7.07. The van der Waals surface area contributed by atoms with Crippen LogP contribution in [0.5, 0.6) is 16.7 Å². The molecule has 0 amide bonds. The molecule has 1 N–H and O–H groups in total. The van der Waals surface area contributed by atoms with E-state index in [2.05, 4.69) is 9.36 Å². The molecule has 0 atom stereocenters. The summed E-state index contributed by atoms with van der Waals surface area (Å²) in [5.41, 5.74) is 0.768. The Kier molecular flexibility index (Phi) is 4.34. The van der Waals surface area contributed by atoms with E-state index in [0.717, 1.165) is 11.4 Å². The number of benzene rings is 1. The van der Waals surface area contributed by atoms with Crippen LogP contribution in [0.2, 0.25) is 0 Å². The smallest absolute Gasteiger partial charge is 0.298 e. The van der Waals surface area contributed by atoms with Crippen molar-refractivity contribution in [3.8, 4) is 16.7 Å². The van der Waals surface area contributed by atoms with E-state index in [4.69, 9.17) is 14.6 Å². The molecular weight excluding hydrogens is 264 g/mol. The highest BCUT2D eigenvalue weighted by atomic mass is 32.1. The van der Waals surface area contributed by atoms with Crippen LogP contribution in [0.3, 0.4) is 0 Å². The minimum atomic E-state index is -0.0348. The first-order chi connectivity index (χ1) is 9.13. The largest absolute Gasteiger partial charge is 0.493 e. The Hall–Kier alpha value is -1.66. The van der Waals surface area contributed by atoms with Crippen molar-refractivity contribution in [3.05, 3.63) is 29.6 Å². The van der Waals surface area contributed by atoms with Crippen LogP contribution in [0.15, 0.2) is 18.2 Å². The van der Waals surface area contributed by atoms with Crippen LogP contribution in [0.1, 0.15) is 31.2 Å². The Morgan fingerprint density at radius 1 is 1.32 bits per heavy atom. The van der Waals surface area contributed by atoms with Crippen LogP contribution in [0.25, 0.3) is 0 Å². The molecule has 0 unspecified atom stereocenters. The van der Waals surface area contributed by atoms with Crippen molar-refractivity contribution >= 4 is 11.5 Å². The first-order valence-electron chi connectivity index (χ1n) is 5.93. The molecule has 0 aliphatic rings. The third kappa shape index (κ3) is 3.21. The summed E-state index contributed by atoms with van der Waals surface area (Å²) < 4.78 is 15.1. The SMILES string of the molecule is COc1cc(CO)ccc1Oc1nc(C(C)C)ns1. The first kappa shape index (κ1) is 13.8. The lowest BCUT2D eigenvalue weighted by Crippen LogP contribution is -1.93. The maximum absolute atomic E-state index is 9.09. The molecule has 0 bridgehead atoms. The van der Waals surface area contributed by atoms with Gasteiger partial charge in [-0.05, 0) is 17.7 Å². The fourth-order valence-electron chi connectivity index (χ4n) is 1.48. The van der Waals surface area contributed by atoms with Gasteiger partial charge in [0.2, 0.25) is 0 Å². The molecule has 0 saturated heterocycles. The number of aliphatic hydroxyl groups excluding tert-OH is 1. The van der Waals surface area contributed by atoms with Crippen molar-refractivity contribution in [1.82, 2.24) is 9.36 Å². The fraction of sp³-hybridized carbons (Fsp3) is 0.385. The zero-order valence-electron chi connectivity index (χ0n) is 11.1. The molecule has 0 fully saturated rings. The topological polar surface area (TPSA) is 64.5 Å². The van der Waals surface area contributed by atoms with Crippen LogP contribution in [0, 0.1) is 0 Å². The van der Waals surface area contributed by atoms with Crippen molar-refractivity contribution in [1.29, 1.82) is 0 Å². The molecular formula is C13H16N2O3S. The maximum atomic E-state index is 9.09. The Balaban J connectivity index is 2.22. The second-order valence-electron chi connectivity index (χ2n) is 4.32. The van der Waals surface area contributed by atoms with E-state index < -0.39 is 0 Å². The first-order valence-corrected chi connectivity index (χ1v) is 6.70. The third-order valence-corrected chi connectivity index (χ3v) is 3.16. The van der Waals surface area contributed by atoms with Gasteiger partial charge in [-0.3, -0.25) is 0 Å². The van der Waals surface area contributed by atoms with E-state index in [0.29, 0.717) is 16.7 Å². The Labute approximate surface area is 116 Å². The van der Waals surface area contributed by atoms with Gasteiger partial charge in [-0.1, -0.05) is 19.9 Å². The molecule has 5 nitrogen and oxygen atoms in total. The van der Waals surface area contributed by atoms with E-state index in [1.807, 2.05) is 13.8 Å². The van der Waals surface area contributed by atoms with Crippen molar-refractivity contribution < 1.29 is 14.6 Å². The molecule has 1 aromatic heterocycles. The van der Waals surface area contributed by atoms with Gasteiger partial charge in [0, 0.05) is 17.5 Å². The second kappa shape index (κ2) is 5.99.